The van der Waals surface area contributed by atoms with Crippen LogP contribution in [0.25, 0.3) is 11.6 Å². The van der Waals surface area contributed by atoms with E-state index in [4.69, 9.17) is 28.9 Å². The molecule has 1 atom stereocenters. The first-order valence-corrected chi connectivity index (χ1v) is 14.4. The van der Waals surface area contributed by atoms with Crippen molar-refractivity contribution in [2.45, 2.75) is 44.4 Å². The zero-order valence-corrected chi connectivity index (χ0v) is 23.1. The molecule has 2 amide bonds. The maximum absolute atomic E-state index is 13.3. The summed E-state index contributed by atoms with van der Waals surface area (Å²) in [5, 5.41) is 3.31. The van der Waals surface area contributed by atoms with Crippen molar-refractivity contribution >= 4 is 62.2 Å². The van der Waals surface area contributed by atoms with Gasteiger partial charge in [-0.25, -0.2) is 8.42 Å². The number of carbonyl (C=O) groups is 2. The number of hydrogen-bond donors (Lipinski definition) is 3. The van der Waals surface area contributed by atoms with E-state index in [2.05, 4.69) is 10.3 Å². The molecule has 2 aliphatic heterocycles. The number of fused-ring (bicyclic) bond motifs is 1. The molecule has 4 N–H and O–H groups in total. The third-order valence-corrected chi connectivity index (χ3v) is 9.37. The summed E-state index contributed by atoms with van der Waals surface area (Å²) >= 11 is 12.4. The Labute approximate surface area is 238 Å². The van der Waals surface area contributed by atoms with Gasteiger partial charge in [-0.3, -0.25) is 9.59 Å². The van der Waals surface area contributed by atoms with Gasteiger partial charge < -0.3 is 20.9 Å². The van der Waals surface area contributed by atoms with Crippen LogP contribution >= 0.6 is 23.2 Å². The number of benzene rings is 2. The number of aromatic amines is 1. The maximum Gasteiger partial charge on any atom is 0.256 e. The standard InChI is InChI=1S/C27H26Cl2N4O4S.CH4/c1-14-24(31-15(2)25(14)27(35)33-9-8-16(30)12-33)11-19-18-10-17(6-7-23(18)32-26(19)34)38(36,37)13-20-21(28)4-3-5-22(20)29;/h3-7,10-11,16,31H,8-9,12-13,30H2,1-2H3,(H,32,34);1H4/b19-11-;/t16-;/m0./s1. The van der Waals surface area contributed by atoms with Gasteiger partial charge in [-0.05, 0) is 62.2 Å². The van der Waals surface area contributed by atoms with E-state index in [1.165, 1.54) is 12.1 Å². The summed E-state index contributed by atoms with van der Waals surface area (Å²) in [5.41, 5.74) is 10.1. The second kappa shape index (κ2) is 10.8. The van der Waals surface area contributed by atoms with Gasteiger partial charge >= 0.3 is 0 Å². The summed E-state index contributed by atoms with van der Waals surface area (Å²) in [4.78, 5) is 31.0. The van der Waals surface area contributed by atoms with Crippen molar-refractivity contribution in [2.75, 3.05) is 18.4 Å². The van der Waals surface area contributed by atoms with Gasteiger partial charge in [0, 0.05) is 57.4 Å². The molecule has 5 rings (SSSR count). The molecule has 206 valence electrons. The number of hydrogen-bond acceptors (Lipinski definition) is 5. The van der Waals surface area contributed by atoms with E-state index in [1.807, 2.05) is 13.8 Å². The smallest absolute Gasteiger partial charge is 0.256 e. The average Bonchev–Trinajstić information content (AvgIpc) is 3.51. The number of rotatable bonds is 5. The number of carbonyl (C=O) groups excluding carboxylic acids is 2. The zero-order chi connectivity index (χ0) is 27.4. The van der Waals surface area contributed by atoms with Crippen molar-refractivity contribution in [1.29, 1.82) is 0 Å². The second-order valence-electron chi connectivity index (χ2n) is 9.64. The second-order valence-corrected chi connectivity index (χ2v) is 12.4. The molecule has 3 aromatic rings. The lowest BCUT2D eigenvalue weighted by Gasteiger charge is -2.16. The Kier molecular flexibility index (Phi) is 8.01. The van der Waals surface area contributed by atoms with E-state index in [0.717, 1.165) is 6.42 Å². The predicted octanol–water partition coefficient (Wildman–Crippen LogP) is 5.21. The van der Waals surface area contributed by atoms with Crippen LogP contribution in [0.15, 0.2) is 41.3 Å². The number of H-pyrrole nitrogens is 1. The number of aromatic nitrogens is 1. The highest BCUT2D eigenvalue weighted by atomic mass is 35.5. The van der Waals surface area contributed by atoms with Crippen LogP contribution in [0.4, 0.5) is 5.69 Å². The number of aryl methyl sites for hydroxylation is 1. The van der Waals surface area contributed by atoms with Crippen molar-refractivity contribution in [3.63, 3.8) is 0 Å². The summed E-state index contributed by atoms with van der Waals surface area (Å²) in [6, 6.07) is 9.27. The first-order chi connectivity index (χ1) is 18.0. The first-order valence-electron chi connectivity index (χ1n) is 12.0. The Morgan fingerprint density at radius 2 is 1.87 bits per heavy atom. The Morgan fingerprint density at radius 1 is 1.18 bits per heavy atom. The molecule has 11 heteroatoms. The molecule has 2 aliphatic rings. The van der Waals surface area contributed by atoms with Crippen LogP contribution in [0.2, 0.25) is 10.0 Å². The number of likely N-dealkylation sites (tertiary alicyclic amines) is 1. The van der Waals surface area contributed by atoms with Gasteiger partial charge in [-0.15, -0.1) is 0 Å². The molecule has 1 saturated heterocycles. The SMILES string of the molecule is C.Cc1[nH]c(/C=C2\C(=O)Nc3ccc(S(=O)(=O)Cc4c(Cl)cccc4Cl)cc32)c(C)c1C(=O)N1CC[C@H](N)C1. The molecule has 0 saturated carbocycles. The van der Waals surface area contributed by atoms with Gasteiger partial charge in [-0.2, -0.15) is 0 Å². The van der Waals surface area contributed by atoms with Crippen LogP contribution in [-0.4, -0.2) is 49.2 Å². The molecule has 0 aliphatic carbocycles. The number of nitrogens with one attached hydrogen (secondary N) is 2. The number of nitrogens with zero attached hydrogens (tertiary/aromatic N) is 1. The van der Waals surface area contributed by atoms with Crippen molar-refractivity contribution in [3.8, 4) is 0 Å². The molecule has 0 unspecified atom stereocenters. The molecule has 39 heavy (non-hydrogen) atoms. The molecule has 1 aromatic heterocycles. The molecule has 1 fully saturated rings. The summed E-state index contributed by atoms with van der Waals surface area (Å²) in [6.07, 6.45) is 2.41. The Bertz CT molecular complexity index is 1610. The summed E-state index contributed by atoms with van der Waals surface area (Å²) in [6.45, 7) is 4.74. The van der Waals surface area contributed by atoms with Crippen LogP contribution in [0.1, 0.15) is 52.3 Å². The highest BCUT2D eigenvalue weighted by molar-refractivity contribution is 7.90. The molecule has 3 heterocycles. The Morgan fingerprint density at radius 3 is 2.51 bits per heavy atom. The number of halogens is 2. The molecule has 0 bridgehead atoms. The number of amides is 2. The number of anilines is 1. The van der Waals surface area contributed by atoms with Gasteiger partial charge in [0.05, 0.1) is 21.8 Å². The molecule has 2 aromatic carbocycles. The van der Waals surface area contributed by atoms with Crippen molar-refractivity contribution in [3.05, 3.63) is 80.1 Å². The number of sulfone groups is 1. The largest absolute Gasteiger partial charge is 0.358 e. The van der Waals surface area contributed by atoms with E-state index >= 15 is 0 Å². The van der Waals surface area contributed by atoms with Crippen molar-refractivity contribution in [2.24, 2.45) is 5.73 Å². The highest BCUT2D eigenvalue weighted by Crippen LogP contribution is 2.37. The molecule has 0 radical (unpaired) electrons. The van der Waals surface area contributed by atoms with Gasteiger partial charge in [0.15, 0.2) is 9.84 Å². The van der Waals surface area contributed by atoms with Gasteiger partial charge in [0.1, 0.15) is 0 Å². The molecular formula is C28H30Cl2N4O4S. The fourth-order valence-corrected chi connectivity index (χ4v) is 7.08. The minimum absolute atomic E-state index is 0. The maximum atomic E-state index is 13.3. The lowest BCUT2D eigenvalue weighted by atomic mass is 10.0. The monoisotopic (exact) mass is 588 g/mol. The predicted molar refractivity (Wildman–Crippen MR) is 156 cm³/mol. The van der Waals surface area contributed by atoms with E-state index < -0.39 is 9.84 Å². The number of nitrogens with two attached hydrogens (primary N) is 1. The molecule has 0 spiro atoms. The van der Waals surface area contributed by atoms with Crippen LogP contribution < -0.4 is 11.1 Å². The Balaban J connectivity index is 0.00000353. The van der Waals surface area contributed by atoms with E-state index in [1.54, 1.807) is 35.2 Å². The van der Waals surface area contributed by atoms with Gasteiger partial charge in [0.2, 0.25) is 0 Å². The van der Waals surface area contributed by atoms with Crippen molar-refractivity contribution in [1.82, 2.24) is 9.88 Å². The van der Waals surface area contributed by atoms with E-state index in [-0.39, 0.29) is 46.0 Å². The minimum Gasteiger partial charge on any atom is -0.358 e. The third-order valence-electron chi connectivity index (χ3n) is 7.02. The summed E-state index contributed by atoms with van der Waals surface area (Å²) < 4.78 is 26.6. The summed E-state index contributed by atoms with van der Waals surface area (Å²) in [5.74, 6) is -0.851. The lowest BCUT2D eigenvalue weighted by molar-refractivity contribution is -0.110. The van der Waals surface area contributed by atoms with E-state index in [0.29, 0.717) is 58.0 Å². The normalized spacial score (nSPS) is 17.8. The third kappa shape index (κ3) is 5.36. The fourth-order valence-electron chi connectivity index (χ4n) is 4.96. The molecular weight excluding hydrogens is 559 g/mol. The van der Waals surface area contributed by atoms with E-state index in [9.17, 15) is 18.0 Å². The van der Waals surface area contributed by atoms with Gasteiger partial charge in [0.25, 0.3) is 11.8 Å². The lowest BCUT2D eigenvalue weighted by Crippen LogP contribution is -2.32. The topological polar surface area (TPSA) is 125 Å². The van der Waals surface area contributed by atoms with Crippen molar-refractivity contribution < 1.29 is 18.0 Å². The average molecular weight is 590 g/mol. The van der Waals surface area contributed by atoms with Gasteiger partial charge in [-0.1, -0.05) is 36.7 Å². The summed E-state index contributed by atoms with van der Waals surface area (Å²) in [7, 11) is -3.83. The fraction of sp³-hybridized carbons (Fsp3) is 0.286. The molecule has 8 nitrogen and oxygen atoms in total. The van der Waals surface area contributed by atoms with Crippen LogP contribution in [0.5, 0.6) is 0 Å². The quantitative estimate of drug-likeness (QED) is 0.352. The zero-order valence-electron chi connectivity index (χ0n) is 20.8. The highest BCUT2D eigenvalue weighted by Gasteiger charge is 2.30. The first kappa shape index (κ1) is 28.9. The van der Waals surface area contributed by atoms with Crippen LogP contribution in [-0.2, 0) is 20.4 Å². The van der Waals surface area contributed by atoms with Crippen LogP contribution in [0.3, 0.4) is 0 Å². The minimum atomic E-state index is -3.83. The van der Waals surface area contributed by atoms with Crippen LogP contribution in [0, 0.1) is 13.8 Å². The Hall–Kier alpha value is -3.11.